The predicted octanol–water partition coefficient (Wildman–Crippen LogP) is 3.91. The second kappa shape index (κ2) is 9.50. The minimum Gasteiger partial charge on any atom is -0.308 e. The first kappa shape index (κ1) is 23.8. The normalized spacial score (nSPS) is 14.9. The van der Waals surface area contributed by atoms with Crippen molar-refractivity contribution in [2.75, 3.05) is 45.2 Å². The highest BCUT2D eigenvalue weighted by molar-refractivity contribution is 7.89. The number of rotatable bonds is 7. The lowest BCUT2D eigenvalue weighted by Crippen LogP contribution is -2.36. The Bertz CT molecular complexity index is 1260. The summed E-state index contributed by atoms with van der Waals surface area (Å²) in [6.07, 6.45) is 1.77. The third-order valence-electron chi connectivity index (χ3n) is 6.12. The molecule has 1 fully saturated rings. The first-order chi connectivity index (χ1) is 15.7. The second-order valence-corrected chi connectivity index (χ2v) is 11.7. The van der Waals surface area contributed by atoms with Crippen molar-refractivity contribution in [2.45, 2.75) is 31.6 Å². The molecular weight excluding hydrogens is 456 g/mol. The average molecular weight is 487 g/mol. The van der Waals surface area contributed by atoms with Crippen LogP contribution in [0.1, 0.15) is 34.3 Å². The molecule has 7 nitrogen and oxygen atoms in total. The van der Waals surface area contributed by atoms with E-state index in [-0.39, 0.29) is 10.8 Å². The number of amides is 1. The van der Waals surface area contributed by atoms with E-state index in [0.717, 1.165) is 28.6 Å². The summed E-state index contributed by atoms with van der Waals surface area (Å²) in [5.74, 6) is -0.185. The molecule has 3 aromatic rings. The number of aromatic nitrogens is 1. The van der Waals surface area contributed by atoms with Gasteiger partial charge in [-0.15, -0.1) is 0 Å². The number of thiazole rings is 1. The second-order valence-electron chi connectivity index (χ2n) is 8.75. The molecule has 0 N–H and O–H groups in total. The van der Waals surface area contributed by atoms with E-state index in [1.807, 2.05) is 32.0 Å². The predicted molar refractivity (Wildman–Crippen MR) is 134 cm³/mol. The smallest absolute Gasteiger partial charge is 0.260 e. The number of hydrogen-bond acceptors (Lipinski definition) is 6. The van der Waals surface area contributed by atoms with Crippen LogP contribution in [0, 0.1) is 13.8 Å². The molecule has 0 unspecified atom stereocenters. The van der Waals surface area contributed by atoms with E-state index in [9.17, 15) is 13.2 Å². The van der Waals surface area contributed by atoms with Gasteiger partial charge in [-0.3, -0.25) is 9.69 Å². The van der Waals surface area contributed by atoms with Crippen LogP contribution in [0.5, 0.6) is 0 Å². The Morgan fingerprint density at radius 1 is 1.03 bits per heavy atom. The lowest BCUT2D eigenvalue weighted by molar-refractivity contribution is 0.0985. The Hall–Kier alpha value is -2.33. The van der Waals surface area contributed by atoms with Crippen molar-refractivity contribution in [3.8, 4) is 0 Å². The summed E-state index contributed by atoms with van der Waals surface area (Å²) in [5, 5.41) is 0.652. The Morgan fingerprint density at radius 3 is 2.33 bits per heavy atom. The number of sulfonamides is 1. The summed E-state index contributed by atoms with van der Waals surface area (Å²) in [5.41, 5.74) is 3.65. The van der Waals surface area contributed by atoms with E-state index >= 15 is 0 Å². The molecule has 1 aliphatic rings. The zero-order valence-corrected chi connectivity index (χ0v) is 21.2. The molecule has 0 bridgehead atoms. The van der Waals surface area contributed by atoms with Crippen molar-refractivity contribution >= 4 is 42.6 Å². The van der Waals surface area contributed by atoms with Crippen LogP contribution in [-0.2, 0) is 10.0 Å². The number of aryl methyl sites for hydroxylation is 2. The van der Waals surface area contributed by atoms with Crippen molar-refractivity contribution in [3.63, 3.8) is 0 Å². The number of anilines is 1. The van der Waals surface area contributed by atoms with E-state index in [4.69, 9.17) is 4.98 Å². The zero-order valence-electron chi connectivity index (χ0n) is 19.5. The highest BCUT2D eigenvalue weighted by atomic mass is 32.2. The molecule has 0 radical (unpaired) electrons. The molecule has 33 heavy (non-hydrogen) atoms. The average Bonchev–Trinajstić information content (AvgIpc) is 3.47. The van der Waals surface area contributed by atoms with Gasteiger partial charge in [0, 0.05) is 31.7 Å². The van der Waals surface area contributed by atoms with Crippen LogP contribution in [-0.4, -0.2) is 68.8 Å². The maximum atomic E-state index is 13.5. The largest absolute Gasteiger partial charge is 0.308 e. The van der Waals surface area contributed by atoms with Crippen LogP contribution in [0.25, 0.3) is 10.2 Å². The van der Waals surface area contributed by atoms with Gasteiger partial charge in [-0.1, -0.05) is 17.4 Å². The summed E-state index contributed by atoms with van der Waals surface area (Å²) in [4.78, 5) is 22.3. The molecule has 1 saturated heterocycles. The standard InChI is InChI=1S/C24H30N4O3S2/c1-17-7-12-21-22(18(17)2)25-24(32-21)28(16-15-26(3)4)23(29)19-8-10-20(11-9-19)33(30,31)27-13-5-6-14-27/h7-12H,5-6,13-16H2,1-4H3. The molecule has 9 heteroatoms. The van der Waals surface area contributed by atoms with E-state index in [1.54, 1.807) is 17.0 Å². The van der Waals surface area contributed by atoms with Gasteiger partial charge in [-0.2, -0.15) is 4.31 Å². The molecule has 2 heterocycles. The van der Waals surface area contributed by atoms with Gasteiger partial charge in [-0.25, -0.2) is 13.4 Å². The minimum absolute atomic E-state index is 0.185. The van der Waals surface area contributed by atoms with Crippen LogP contribution in [0.15, 0.2) is 41.3 Å². The lowest BCUT2D eigenvalue weighted by Gasteiger charge is -2.22. The van der Waals surface area contributed by atoms with Gasteiger partial charge < -0.3 is 4.90 Å². The number of likely N-dealkylation sites (N-methyl/N-ethyl adjacent to an activating group) is 1. The van der Waals surface area contributed by atoms with Gasteiger partial charge in [0.05, 0.1) is 15.1 Å². The minimum atomic E-state index is -3.51. The first-order valence-electron chi connectivity index (χ1n) is 11.1. The SMILES string of the molecule is Cc1ccc2sc(N(CCN(C)C)C(=O)c3ccc(S(=O)(=O)N4CCCC4)cc3)nc2c1C. The molecule has 0 saturated carbocycles. The van der Waals surface area contributed by atoms with Crippen LogP contribution in [0.4, 0.5) is 5.13 Å². The van der Waals surface area contributed by atoms with E-state index < -0.39 is 10.0 Å². The van der Waals surface area contributed by atoms with Crippen LogP contribution >= 0.6 is 11.3 Å². The van der Waals surface area contributed by atoms with Crippen LogP contribution in [0.2, 0.25) is 0 Å². The fourth-order valence-electron chi connectivity index (χ4n) is 3.92. The summed E-state index contributed by atoms with van der Waals surface area (Å²) < 4.78 is 28.2. The third-order valence-corrected chi connectivity index (χ3v) is 9.08. The summed E-state index contributed by atoms with van der Waals surface area (Å²) in [6.45, 7) is 6.38. The van der Waals surface area contributed by atoms with Gasteiger partial charge in [0.15, 0.2) is 5.13 Å². The molecule has 0 atom stereocenters. The fourth-order valence-corrected chi connectivity index (χ4v) is 6.48. The molecule has 0 spiro atoms. The first-order valence-corrected chi connectivity index (χ1v) is 13.4. The number of carbonyl (C=O) groups excluding carboxylic acids is 1. The number of nitrogens with zero attached hydrogens (tertiary/aromatic N) is 4. The van der Waals surface area contributed by atoms with Gasteiger partial charge in [0.25, 0.3) is 5.91 Å². The number of benzene rings is 2. The van der Waals surface area contributed by atoms with Gasteiger partial charge >= 0.3 is 0 Å². The molecule has 176 valence electrons. The van der Waals surface area contributed by atoms with Gasteiger partial charge in [0.2, 0.25) is 10.0 Å². The van der Waals surface area contributed by atoms with Crippen molar-refractivity contribution in [2.24, 2.45) is 0 Å². The lowest BCUT2D eigenvalue weighted by atomic mass is 10.1. The van der Waals surface area contributed by atoms with Crippen LogP contribution in [0.3, 0.4) is 0 Å². The Kier molecular flexibility index (Phi) is 6.86. The number of hydrogen-bond donors (Lipinski definition) is 0. The van der Waals surface area contributed by atoms with Crippen molar-refractivity contribution in [1.29, 1.82) is 0 Å². The van der Waals surface area contributed by atoms with E-state index in [1.165, 1.54) is 33.3 Å². The molecule has 1 amide bonds. The highest BCUT2D eigenvalue weighted by Crippen LogP contribution is 2.32. The van der Waals surface area contributed by atoms with Gasteiger partial charge in [-0.05, 0) is 82.2 Å². The van der Waals surface area contributed by atoms with Crippen molar-refractivity contribution in [1.82, 2.24) is 14.2 Å². The maximum absolute atomic E-state index is 13.5. The molecule has 0 aliphatic carbocycles. The molecule has 1 aromatic heterocycles. The van der Waals surface area contributed by atoms with E-state index in [2.05, 4.69) is 13.0 Å². The Morgan fingerprint density at radius 2 is 1.70 bits per heavy atom. The monoisotopic (exact) mass is 486 g/mol. The Labute approximate surface area is 199 Å². The number of fused-ring (bicyclic) bond motifs is 1. The van der Waals surface area contributed by atoms with E-state index in [0.29, 0.717) is 36.9 Å². The molecule has 1 aliphatic heterocycles. The zero-order chi connectivity index (χ0) is 23.8. The summed E-state index contributed by atoms with van der Waals surface area (Å²) >= 11 is 1.50. The van der Waals surface area contributed by atoms with Crippen LogP contribution < -0.4 is 4.90 Å². The maximum Gasteiger partial charge on any atom is 0.260 e. The molecular formula is C24H30N4O3S2. The summed E-state index contributed by atoms with van der Waals surface area (Å²) in [7, 11) is 0.420. The topological polar surface area (TPSA) is 73.8 Å². The quantitative estimate of drug-likeness (QED) is 0.506. The highest BCUT2D eigenvalue weighted by Gasteiger charge is 2.28. The molecule has 2 aromatic carbocycles. The number of carbonyl (C=O) groups is 1. The fraction of sp³-hybridized carbons (Fsp3) is 0.417. The summed E-state index contributed by atoms with van der Waals surface area (Å²) in [6, 6.07) is 10.4. The Balaban J connectivity index is 1.65. The molecule has 4 rings (SSSR count). The third kappa shape index (κ3) is 4.82. The van der Waals surface area contributed by atoms with Crippen molar-refractivity contribution in [3.05, 3.63) is 53.1 Å². The van der Waals surface area contributed by atoms with Crippen molar-refractivity contribution < 1.29 is 13.2 Å². The van der Waals surface area contributed by atoms with Gasteiger partial charge in [0.1, 0.15) is 0 Å².